The average Bonchev–Trinajstić information content (AvgIpc) is 1.98. The highest BCUT2D eigenvalue weighted by Crippen LogP contribution is 1.91. The molecular formula is C7H14ClNO. The van der Waals surface area contributed by atoms with Crippen molar-refractivity contribution in [2.75, 3.05) is 19.7 Å². The van der Waals surface area contributed by atoms with Crippen LogP contribution in [0.2, 0.25) is 0 Å². The molecule has 0 saturated heterocycles. The topological polar surface area (TPSA) is 32.3 Å². The SMILES string of the molecule is C/C(=C\Cl)CNCCCO. The second-order valence-corrected chi connectivity index (χ2v) is 2.43. The van der Waals surface area contributed by atoms with Gasteiger partial charge in [0.2, 0.25) is 0 Å². The van der Waals surface area contributed by atoms with Gasteiger partial charge in [-0.05, 0) is 25.5 Å². The summed E-state index contributed by atoms with van der Waals surface area (Å²) in [6, 6.07) is 0. The Morgan fingerprint density at radius 2 is 2.40 bits per heavy atom. The number of aliphatic hydroxyl groups is 1. The lowest BCUT2D eigenvalue weighted by Crippen LogP contribution is -2.18. The lowest BCUT2D eigenvalue weighted by atomic mass is 10.3. The van der Waals surface area contributed by atoms with E-state index >= 15 is 0 Å². The minimum Gasteiger partial charge on any atom is -0.396 e. The molecule has 0 spiro atoms. The summed E-state index contributed by atoms with van der Waals surface area (Å²) in [6.07, 6.45) is 0.801. The normalized spacial score (nSPS) is 12.1. The molecule has 60 valence electrons. The molecule has 0 aromatic carbocycles. The van der Waals surface area contributed by atoms with Crippen molar-refractivity contribution in [1.82, 2.24) is 5.32 Å². The van der Waals surface area contributed by atoms with Gasteiger partial charge in [0.05, 0.1) is 0 Å². The lowest BCUT2D eigenvalue weighted by Gasteiger charge is -2.01. The molecule has 3 heteroatoms. The maximum Gasteiger partial charge on any atom is 0.0443 e. The van der Waals surface area contributed by atoms with Crippen LogP contribution < -0.4 is 5.32 Å². The van der Waals surface area contributed by atoms with Gasteiger partial charge in [-0.15, -0.1) is 0 Å². The third kappa shape index (κ3) is 6.08. The highest BCUT2D eigenvalue weighted by atomic mass is 35.5. The van der Waals surface area contributed by atoms with Crippen LogP contribution in [0.5, 0.6) is 0 Å². The third-order valence-corrected chi connectivity index (χ3v) is 1.47. The second-order valence-electron chi connectivity index (χ2n) is 2.21. The third-order valence-electron chi connectivity index (χ3n) is 1.10. The molecule has 0 aromatic heterocycles. The molecule has 0 atom stereocenters. The van der Waals surface area contributed by atoms with Gasteiger partial charge in [-0.3, -0.25) is 0 Å². The maximum atomic E-state index is 8.41. The Morgan fingerprint density at radius 3 is 2.90 bits per heavy atom. The molecule has 0 fully saturated rings. The molecule has 0 radical (unpaired) electrons. The van der Waals surface area contributed by atoms with Gasteiger partial charge in [-0.25, -0.2) is 0 Å². The van der Waals surface area contributed by atoms with E-state index in [-0.39, 0.29) is 6.61 Å². The van der Waals surface area contributed by atoms with Crippen molar-refractivity contribution in [3.63, 3.8) is 0 Å². The number of halogens is 1. The van der Waals surface area contributed by atoms with E-state index in [4.69, 9.17) is 16.7 Å². The molecule has 0 unspecified atom stereocenters. The number of aliphatic hydroxyl groups excluding tert-OH is 1. The predicted octanol–water partition coefficient (Wildman–Crippen LogP) is 1.10. The van der Waals surface area contributed by atoms with E-state index in [2.05, 4.69) is 5.32 Å². The summed E-state index contributed by atoms with van der Waals surface area (Å²) in [7, 11) is 0. The highest BCUT2D eigenvalue weighted by Gasteiger charge is 1.87. The molecule has 2 N–H and O–H groups in total. The van der Waals surface area contributed by atoms with Gasteiger partial charge in [0.1, 0.15) is 0 Å². The molecule has 0 aromatic rings. The molecule has 0 rings (SSSR count). The minimum absolute atomic E-state index is 0.247. The number of hydrogen-bond acceptors (Lipinski definition) is 2. The van der Waals surface area contributed by atoms with Crippen LogP contribution in [0.1, 0.15) is 13.3 Å². The van der Waals surface area contributed by atoms with Crippen molar-refractivity contribution in [3.05, 3.63) is 11.1 Å². The number of hydrogen-bond donors (Lipinski definition) is 2. The summed E-state index contributed by atoms with van der Waals surface area (Å²) in [5, 5.41) is 11.5. The maximum absolute atomic E-state index is 8.41. The van der Waals surface area contributed by atoms with Crippen molar-refractivity contribution in [1.29, 1.82) is 0 Å². The molecule has 2 nitrogen and oxygen atoms in total. The quantitative estimate of drug-likeness (QED) is 0.595. The second kappa shape index (κ2) is 7.06. The Kier molecular flexibility index (Phi) is 7.03. The standard InChI is InChI=1S/C7H14ClNO/c1-7(5-8)6-9-3-2-4-10/h5,9-10H,2-4,6H2,1H3/b7-5+. The van der Waals surface area contributed by atoms with Crippen LogP contribution in [0.15, 0.2) is 11.1 Å². The van der Waals surface area contributed by atoms with Crippen molar-refractivity contribution < 1.29 is 5.11 Å². The highest BCUT2D eigenvalue weighted by molar-refractivity contribution is 6.25. The van der Waals surface area contributed by atoms with Crippen LogP contribution in [-0.4, -0.2) is 24.8 Å². The Bertz CT molecular complexity index is 104. The fourth-order valence-corrected chi connectivity index (χ4v) is 0.605. The fraction of sp³-hybridized carbons (Fsp3) is 0.714. The Balaban J connectivity index is 3.04. The largest absolute Gasteiger partial charge is 0.396 e. The van der Waals surface area contributed by atoms with E-state index in [0.29, 0.717) is 0 Å². The Labute approximate surface area is 66.9 Å². The van der Waals surface area contributed by atoms with Gasteiger partial charge >= 0.3 is 0 Å². The smallest absolute Gasteiger partial charge is 0.0443 e. The molecule has 0 saturated carbocycles. The van der Waals surface area contributed by atoms with E-state index in [9.17, 15) is 0 Å². The molecule has 10 heavy (non-hydrogen) atoms. The lowest BCUT2D eigenvalue weighted by molar-refractivity contribution is 0.287. The predicted molar refractivity (Wildman–Crippen MR) is 44.2 cm³/mol. The van der Waals surface area contributed by atoms with Gasteiger partial charge in [-0.2, -0.15) is 0 Å². The molecule has 0 bridgehead atoms. The summed E-state index contributed by atoms with van der Waals surface area (Å²) in [6.45, 7) is 3.86. The zero-order valence-electron chi connectivity index (χ0n) is 6.23. The molecule has 0 aliphatic heterocycles. The monoisotopic (exact) mass is 163 g/mol. The zero-order valence-corrected chi connectivity index (χ0v) is 6.99. The van der Waals surface area contributed by atoms with E-state index in [0.717, 1.165) is 25.1 Å². The summed E-state index contributed by atoms with van der Waals surface area (Å²) in [4.78, 5) is 0. The number of rotatable bonds is 5. The molecule has 0 aliphatic rings. The molecular weight excluding hydrogens is 150 g/mol. The summed E-state index contributed by atoms with van der Waals surface area (Å²) >= 11 is 5.41. The van der Waals surface area contributed by atoms with E-state index in [1.165, 1.54) is 0 Å². The number of nitrogens with one attached hydrogen (secondary N) is 1. The minimum atomic E-state index is 0.247. The van der Waals surface area contributed by atoms with Gasteiger partial charge < -0.3 is 10.4 Å². The van der Waals surface area contributed by atoms with E-state index in [1.807, 2.05) is 6.92 Å². The molecule has 0 amide bonds. The van der Waals surface area contributed by atoms with Crippen molar-refractivity contribution in [3.8, 4) is 0 Å². The first-order valence-electron chi connectivity index (χ1n) is 3.38. The van der Waals surface area contributed by atoms with Crippen molar-refractivity contribution in [2.24, 2.45) is 0 Å². The summed E-state index contributed by atoms with van der Waals surface area (Å²) in [5.74, 6) is 0. The Hall–Kier alpha value is -0.0500. The summed E-state index contributed by atoms with van der Waals surface area (Å²) in [5.41, 5.74) is 2.67. The zero-order chi connectivity index (χ0) is 7.82. The van der Waals surface area contributed by atoms with Crippen molar-refractivity contribution >= 4 is 11.6 Å². The van der Waals surface area contributed by atoms with Crippen LogP contribution in [0.3, 0.4) is 0 Å². The van der Waals surface area contributed by atoms with E-state index < -0.39 is 0 Å². The van der Waals surface area contributed by atoms with Crippen LogP contribution in [-0.2, 0) is 0 Å². The Morgan fingerprint density at radius 1 is 1.70 bits per heavy atom. The van der Waals surface area contributed by atoms with E-state index in [1.54, 1.807) is 5.54 Å². The van der Waals surface area contributed by atoms with Crippen LogP contribution in [0.4, 0.5) is 0 Å². The summed E-state index contributed by atoms with van der Waals surface area (Å²) < 4.78 is 0. The average molecular weight is 164 g/mol. The molecule has 0 heterocycles. The van der Waals surface area contributed by atoms with Crippen LogP contribution >= 0.6 is 11.6 Å². The van der Waals surface area contributed by atoms with Crippen molar-refractivity contribution in [2.45, 2.75) is 13.3 Å². The van der Waals surface area contributed by atoms with Gasteiger partial charge in [0.15, 0.2) is 0 Å². The first kappa shape index (κ1) is 9.95. The fourth-order valence-electron chi connectivity index (χ4n) is 0.528. The van der Waals surface area contributed by atoms with Crippen LogP contribution in [0.25, 0.3) is 0 Å². The first-order valence-corrected chi connectivity index (χ1v) is 3.82. The molecule has 0 aliphatic carbocycles. The first-order chi connectivity index (χ1) is 4.81. The van der Waals surface area contributed by atoms with Gasteiger partial charge in [-0.1, -0.05) is 11.6 Å². The van der Waals surface area contributed by atoms with Crippen LogP contribution in [0, 0.1) is 0 Å². The van der Waals surface area contributed by atoms with Gasteiger partial charge in [0.25, 0.3) is 0 Å². The van der Waals surface area contributed by atoms with Gasteiger partial charge in [0, 0.05) is 18.7 Å².